The maximum atomic E-state index is 11.6. The largest absolute Gasteiger partial charge is 0.480 e. The molecule has 19 heavy (non-hydrogen) atoms. The first-order chi connectivity index (χ1) is 8.80. The number of nitrogens with one attached hydrogen (secondary N) is 2. The summed E-state index contributed by atoms with van der Waals surface area (Å²) >= 11 is 0. The van der Waals surface area contributed by atoms with Gasteiger partial charge in [-0.2, -0.15) is 0 Å². The highest BCUT2D eigenvalue weighted by atomic mass is 16.4. The van der Waals surface area contributed by atoms with E-state index in [1.54, 1.807) is 37.8 Å². The molecule has 0 fully saturated rings. The number of hydrogen-bond donors (Lipinski definition) is 3. The molecule has 1 aromatic heterocycles. The Labute approximate surface area is 111 Å². The van der Waals surface area contributed by atoms with Crippen molar-refractivity contribution in [2.75, 3.05) is 6.54 Å². The van der Waals surface area contributed by atoms with Crippen molar-refractivity contribution in [3.05, 3.63) is 12.4 Å². The summed E-state index contributed by atoms with van der Waals surface area (Å²) in [5, 5.41) is 21.5. The normalized spacial score (nSPS) is 12.8. The van der Waals surface area contributed by atoms with Crippen LogP contribution in [0.3, 0.4) is 0 Å². The van der Waals surface area contributed by atoms with Crippen LogP contribution in [0.1, 0.15) is 20.8 Å². The lowest BCUT2D eigenvalue weighted by atomic mass is 9.87. The van der Waals surface area contributed by atoms with E-state index in [1.165, 1.54) is 0 Å². The van der Waals surface area contributed by atoms with Gasteiger partial charge in [-0.25, -0.2) is 9.59 Å². The van der Waals surface area contributed by atoms with Gasteiger partial charge < -0.3 is 15.7 Å². The Hall–Kier alpha value is -2.12. The zero-order valence-corrected chi connectivity index (χ0v) is 11.3. The van der Waals surface area contributed by atoms with E-state index in [2.05, 4.69) is 20.9 Å². The molecule has 0 saturated heterocycles. The van der Waals surface area contributed by atoms with E-state index in [0.29, 0.717) is 13.1 Å². The first kappa shape index (κ1) is 14.9. The van der Waals surface area contributed by atoms with Crippen LogP contribution in [0.5, 0.6) is 0 Å². The van der Waals surface area contributed by atoms with Crippen LogP contribution in [-0.4, -0.2) is 44.7 Å². The highest BCUT2D eigenvalue weighted by molar-refractivity contribution is 5.83. The summed E-state index contributed by atoms with van der Waals surface area (Å²) in [4.78, 5) is 22.7. The van der Waals surface area contributed by atoms with Crippen LogP contribution in [0.4, 0.5) is 4.79 Å². The van der Waals surface area contributed by atoms with Gasteiger partial charge in [-0.1, -0.05) is 26.0 Å². The number of carbonyl (C=O) groups excluding carboxylic acids is 1. The molecule has 0 aromatic carbocycles. The number of urea groups is 1. The molecule has 8 nitrogen and oxygen atoms in total. The van der Waals surface area contributed by atoms with E-state index in [4.69, 9.17) is 5.11 Å². The van der Waals surface area contributed by atoms with Gasteiger partial charge in [-0.3, -0.25) is 4.68 Å². The minimum absolute atomic E-state index is 0.339. The second kappa shape index (κ2) is 6.17. The van der Waals surface area contributed by atoms with E-state index < -0.39 is 23.5 Å². The molecule has 0 saturated carbocycles. The molecule has 0 aliphatic heterocycles. The maximum absolute atomic E-state index is 11.6. The summed E-state index contributed by atoms with van der Waals surface area (Å²) in [6.45, 7) is 6.07. The standard InChI is InChI=1S/C11H19N5O3/c1-11(2,3)8(9(17)18)14-10(19)12-4-6-16-7-5-13-15-16/h5,7-8H,4,6H2,1-3H3,(H,17,18)(H2,12,14,19)/t8-/m0/s1. The number of nitrogens with zero attached hydrogens (tertiary/aromatic N) is 3. The topological polar surface area (TPSA) is 109 Å². The average Bonchev–Trinajstić information content (AvgIpc) is 2.77. The van der Waals surface area contributed by atoms with Crippen molar-refractivity contribution < 1.29 is 14.7 Å². The second-order valence-electron chi connectivity index (χ2n) is 5.20. The summed E-state index contributed by atoms with van der Waals surface area (Å²) in [7, 11) is 0. The Morgan fingerprint density at radius 1 is 1.42 bits per heavy atom. The number of hydrogen-bond acceptors (Lipinski definition) is 4. The Kier molecular flexibility index (Phi) is 4.85. The molecule has 0 spiro atoms. The monoisotopic (exact) mass is 269 g/mol. The zero-order chi connectivity index (χ0) is 14.5. The number of amides is 2. The van der Waals surface area contributed by atoms with Crippen molar-refractivity contribution >= 4 is 12.0 Å². The van der Waals surface area contributed by atoms with Crippen molar-refractivity contribution in [3.63, 3.8) is 0 Å². The molecule has 1 atom stereocenters. The Bertz CT molecular complexity index is 424. The van der Waals surface area contributed by atoms with Gasteiger partial charge in [0.1, 0.15) is 6.04 Å². The van der Waals surface area contributed by atoms with Gasteiger partial charge in [-0.15, -0.1) is 5.10 Å². The van der Waals surface area contributed by atoms with Crippen molar-refractivity contribution in [1.82, 2.24) is 25.6 Å². The van der Waals surface area contributed by atoms with Crippen molar-refractivity contribution in [2.45, 2.75) is 33.4 Å². The molecule has 0 radical (unpaired) electrons. The lowest BCUT2D eigenvalue weighted by Crippen LogP contribution is -2.52. The molecule has 2 amide bonds. The van der Waals surface area contributed by atoms with E-state index >= 15 is 0 Å². The highest BCUT2D eigenvalue weighted by Gasteiger charge is 2.32. The van der Waals surface area contributed by atoms with Gasteiger partial charge in [0.25, 0.3) is 0 Å². The minimum atomic E-state index is -1.06. The summed E-state index contributed by atoms with van der Waals surface area (Å²) < 4.78 is 1.57. The molecular weight excluding hydrogens is 250 g/mol. The predicted molar refractivity (Wildman–Crippen MR) is 67.4 cm³/mol. The quantitative estimate of drug-likeness (QED) is 0.701. The summed E-state index contributed by atoms with van der Waals surface area (Å²) in [5.74, 6) is -1.06. The fourth-order valence-electron chi connectivity index (χ4n) is 1.47. The molecule has 0 aliphatic carbocycles. The Morgan fingerprint density at radius 2 is 2.11 bits per heavy atom. The number of carboxylic acids is 1. The highest BCUT2D eigenvalue weighted by Crippen LogP contribution is 2.19. The zero-order valence-electron chi connectivity index (χ0n) is 11.3. The number of carboxylic acid groups (broad SMARTS) is 1. The molecule has 1 aromatic rings. The maximum Gasteiger partial charge on any atom is 0.326 e. The first-order valence-corrected chi connectivity index (χ1v) is 5.92. The third-order valence-electron chi connectivity index (χ3n) is 2.49. The van der Waals surface area contributed by atoms with Crippen LogP contribution in [-0.2, 0) is 11.3 Å². The molecule has 8 heteroatoms. The molecule has 0 bridgehead atoms. The van der Waals surface area contributed by atoms with Gasteiger partial charge in [0.2, 0.25) is 0 Å². The van der Waals surface area contributed by atoms with E-state index in [9.17, 15) is 9.59 Å². The van der Waals surface area contributed by atoms with Gasteiger partial charge >= 0.3 is 12.0 Å². The molecular formula is C11H19N5O3. The average molecular weight is 269 g/mol. The van der Waals surface area contributed by atoms with Gasteiger partial charge in [0.05, 0.1) is 12.7 Å². The SMILES string of the molecule is CC(C)(C)[C@@H](NC(=O)NCCn1ccnn1)C(=O)O. The number of rotatable bonds is 5. The lowest BCUT2D eigenvalue weighted by Gasteiger charge is -2.27. The lowest BCUT2D eigenvalue weighted by molar-refractivity contribution is -0.141. The first-order valence-electron chi connectivity index (χ1n) is 5.92. The van der Waals surface area contributed by atoms with Crippen LogP contribution >= 0.6 is 0 Å². The van der Waals surface area contributed by atoms with E-state index in [1.807, 2.05) is 0 Å². The second-order valence-corrected chi connectivity index (χ2v) is 5.20. The number of aromatic nitrogens is 3. The molecule has 3 N–H and O–H groups in total. The fourth-order valence-corrected chi connectivity index (χ4v) is 1.47. The number of aliphatic carboxylic acids is 1. The van der Waals surface area contributed by atoms with Crippen molar-refractivity contribution in [3.8, 4) is 0 Å². The van der Waals surface area contributed by atoms with Crippen LogP contribution in [0.15, 0.2) is 12.4 Å². The summed E-state index contributed by atoms with van der Waals surface area (Å²) in [6.07, 6.45) is 3.22. The van der Waals surface area contributed by atoms with Crippen LogP contribution in [0.25, 0.3) is 0 Å². The Balaban J connectivity index is 2.39. The molecule has 1 heterocycles. The third kappa shape index (κ3) is 4.94. The van der Waals surface area contributed by atoms with E-state index in [0.717, 1.165) is 0 Å². The van der Waals surface area contributed by atoms with Crippen LogP contribution in [0.2, 0.25) is 0 Å². The Morgan fingerprint density at radius 3 is 2.58 bits per heavy atom. The fraction of sp³-hybridized carbons (Fsp3) is 0.636. The van der Waals surface area contributed by atoms with Crippen LogP contribution < -0.4 is 10.6 Å². The molecule has 1 rings (SSSR count). The molecule has 0 unspecified atom stereocenters. The molecule has 106 valence electrons. The predicted octanol–water partition coefficient (Wildman–Crippen LogP) is 0.0766. The molecule has 0 aliphatic rings. The van der Waals surface area contributed by atoms with Gasteiger partial charge in [-0.05, 0) is 5.41 Å². The summed E-state index contributed by atoms with van der Waals surface area (Å²) in [5.41, 5.74) is -0.560. The third-order valence-corrected chi connectivity index (χ3v) is 2.49. The van der Waals surface area contributed by atoms with Crippen LogP contribution in [0, 0.1) is 5.41 Å². The van der Waals surface area contributed by atoms with Gasteiger partial charge in [0, 0.05) is 12.7 Å². The van der Waals surface area contributed by atoms with Crippen molar-refractivity contribution in [1.29, 1.82) is 0 Å². The minimum Gasteiger partial charge on any atom is -0.480 e. The number of carbonyl (C=O) groups is 2. The smallest absolute Gasteiger partial charge is 0.326 e. The van der Waals surface area contributed by atoms with Gasteiger partial charge in [0.15, 0.2) is 0 Å². The summed E-state index contributed by atoms with van der Waals surface area (Å²) in [6, 6.07) is -1.46. The van der Waals surface area contributed by atoms with E-state index in [-0.39, 0.29) is 0 Å². The van der Waals surface area contributed by atoms with Crippen molar-refractivity contribution in [2.24, 2.45) is 5.41 Å².